The molecule has 0 fully saturated rings. The van der Waals surface area contributed by atoms with Crippen LogP contribution in [0.4, 0.5) is 11.4 Å². The van der Waals surface area contributed by atoms with Crippen molar-refractivity contribution in [2.24, 2.45) is 9.98 Å². The average molecular weight is 863 g/mol. The van der Waals surface area contributed by atoms with Gasteiger partial charge in [0.05, 0.1) is 22.8 Å². The van der Waals surface area contributed by atoms with E-state index in [2.05, 4.69) is 255 Å². The molecule has 68 heavy (non-hydrogen) atoms. The molecule has 0 atom stereocenters. The smallest absolute Gasteiger partial charge is 0.0809 e. The van der Waals surface area contributed by atoms with Crippen LogP contribution in [0, 0.1) is 0 Å². The van der Waals surface area contributed by atoms with E-state index in [1.165, 1.54) is 55.3 Å². The molecule has 0 radical (unpaired) electrons. The molecule has 12 aromatic rings. The topological polar surface area (TPSA) is 24.7 Å². The van der Waals surface area contributed by atoms with Gasteiger partial charge in [-0.2, -0.15) is 0 Å². The van der Waals surface area contributed by atoms with Gasteiger partial charge in [0.1, 0.15) is 0 Å². The Kier molecular flexibility index (Phi) is 9.54. The number of benzene rings is 12. The van der Waals surface area contributed by atoms with Crippen LogP contribution in [-0.2, 0) is 0 Å². The van der Waals surface area contributed by atoms with Crippen LogP contribution in [0.5, 0.6) is 0 Å². The zero-order valence-corrected chi connectivity index (χ0v) is 37.1. The quantitative estimate of drug-likeness (QED) is 0.159. The highest BCUT2D eigenvalue weighted by atomic mass is 14.8. The van der Waals surface area contributed by atoms with Crippen molar-refractivity contribution in [3.63, 3.8) is 0 Å². The van der Waals surface area contributed by atoms with E-state index in [0.717, 1.165) is 77.4 Å². The summed E-state index contributed by atoms with van der Waals surface area (Å²) >= 11 is 0. The number of fused-ring (bicyclic) bond motifs is 6. The summed E-state index contributed by atoms with van der Waals surface area (Å²) in [7, 11) is 0. The van der Waals surface area contributed by atoms with Gasteiger partial charge >= 0.3 is 0 Å². The standard InChI is InChI=1S/C66H42N2/c1-3-15-43(16-4-1)45-31-35-47(36-32-45)53-23-11-27-57-55(53)25-13-29-59(57)65-61-39-49-19-7-9-21-51(49)41-63(61)68-66(62-40-50-20-8-10-22-52(50)42-64(62)67-65)60-30-14-26-56-54(24-12-28-58(56)60)48-37-33-46(34-38-48)44-17-5-2-6-18-44/h1-42H. The monoisotopic (exact) mass is 862 g/mol. The van der Waals surface area contributed by atoms with Gasteiger partial charge in [-0.3, -0.25) is 0 Å². The molecule has 1 aliphatic heterocycles. The fourth-order valence-corrected chi connectivity index (χ4v) is 10.3. The Hall–Kier alpha value is -8.98. The molecule has 1 heterocycles. The minimum absolute atomic E-state index is 0.880. The molecule has 0 spiro atoms. The highest BCUT2D eigenvalue weighted by Gasteiger charge is 2.24. The number of nitrogens with zero attached hydrogens (tertiary/aromatic N) is 2. The fraction of sp³-hybridized carbons (Fsp3) is 0. The van der Waals surface area contributed by atoms with Crippen LogP contribution in [0.15, 0.2) is 265 Å². The van der Waals surface area contributed by atoms with Crippen LogP contribution in [-0.4, -0.2) is 11.4 Å². The second-order valence-electron chi connectivity index (χ2n) is 17.7. The van der Waals surface area contributed by atoms with Crippen LogP contribution >= 0.6 is 0 Å². The van der Waals surface area contributed by atoms with Crippen molar-refractivity contribution in [1.29, 1.82) is 0 Å². The van der Waals surface area contributed by atoms with Crippen LogP contribution < -0.4 is 0 Å². The highest BCUT2D eigenvalue weighted by molar-refractivity contribution is 6.29. The van der Waals surface area contributed by atoms with Gasteiger partial charge in [0.25, 0.3) is 0 Å². The maximum Gasteiger partial charge on any atom is 0.0809 e. The molecule has 0 amide bonds. The molecule has 0 aliphatic carbocycles. The molecule has 316 valence electrons. The van der Waals surface area contributed by atoms with E-state index in [4.69, 9.17) is 9.98 Å². The maximum atomic E-state index is 5.86. The number of rotatable bonds is 6. The fourth-order valence-electron chi connectivity index (χ4n) is 10.3. The lowest BCUT2D eigenvalue weighted by atomic mass is 9.88. The third-order valence-electron chi connectivity index (χ3n) is 13.7. The Labute approximate surface area is 395 Å². The molecular weight excluding hydrogens is 821 g/mol. The lowest BCUT2D eigenvalue weighted by Gasteiger charge is -2.21. The van der Waals surface area contributed by atoms with Crippen molar-refractivity contribution < 1.29 is 0 Å². The first kappa shape index (κ1) is 39.4. The molecule has 0 bridgehead atoms. The third-order valence-corrected chi connectivity index (χ3v) is 13.7. The molecular formula is C66H42N2. The average Bonchev–Trinajstić information content (AvgIpc) is 3.41. The summed E-state index contributed by atoms with van der Waals surface area (Å²) in [6.07, 6.45) is 0. The van der Waals surface area contributed by atoms with Gasteiger partial charge in [0.15, 0.2) is 0 Å². The lowest BCUT2D eigenvalue weighted by Crippen LogP contribution is -2.11. The number of aliphatic imine (C=N–C) groups is 2. The molecule has 13 rings (SSSR count). The predicted molar refractivity (Wildman–Crippen MR) is 288 cm³/mol. The van der Waals surface area contributed by atoms with E-state index < -0.39 is 0 Å². The number of hydrogen-bond acceptors (Lipinski definition) is 2. The van der Waals surface area contributed by atoms with Crippen molar-refractivity contribution >= 4 is 65.9 Å². The molecule has 0 unspecified atom stereocenters. The van der Waals surface area contributed by atoms with Crippen LogP contribution in [0.2, 0.25) is 0 Å². The molecule has 1 aliphatic rings. The van der Waals surface area contributed by atoms with Crippen LogP contribution in [0.25, 0.3) is 87.6 Å². The van der Waals surface area contributed by atoms with E-state index in [0.29, 0.717) is 0 Å². The van der Waals surface area contributed by atoms with Gasteiger partial charge in [0, 0.05) is 22.3 Å². The van der Waals surface area contributed by atoms with E-state index in [1.807, 2.05) is 0 Å². The van der Waals surface area contributed by atoms with Gasteiger partial charge in [-0.05, 0) is 112 Å². The molecule has 0 aromatic heterocycles. The van der Waals surface area contributed by atoms with E-state index >= 15 is 0 Å². The van der Waals surface area contributed by atoms with Crippen molar-refractivity contribution in [2.75, 3.05) is 0 Å². The minimum atomic E-state index is 0.880. The minimum Gasteiger partial charge on any atom is -0.247 e. The lowest BCUT2D eigenvalue weighted by molar-refractivity contribution is 1.42. The first-order valence-electron chi connectivity index (χ1n) is 23.3. The summed E-state index contributed by atoms with van der Waals surface area (Å²) < 4.78 is 0. The summed E-state index contributed by atoms with van der Waals surface area (Å²) in [5.41, 5.74) is 17.2. The molecule has 0 saturated heterocycles. The Morgan fingerprint density at radius 1 is 0.191 bits per heavy atom. The van der Waals surface area contributed by atoms with E-state index in [1.54, 1.807) is 0 Å². The van der Waals surface area contributed by atoms with Crippen molar-refractivity contribution in [1.82, 2.24) is 0 Å². The molecule has 12 aromatic carbocycles. The Balaban J connectivity index is 1.02. The van der Waals surface area contributed by atoms with Crippen LogP contribution in [0.3, 0.4) is 0 Å². The third kappa shape index (κ3) is 6.90. The van der Waals surface area contributed by atoms with E-state index in [9.17, 15) is 0 Å². The van der Waals surface area contributed by atoms with Gasteiger partial charge < -0.3 is 0 Å². The second-order valence-corrected chi connectivity index (χ2v) is 17.7. The van der Waals surface area contributed by atoms with Crippen molar-refractivity contribution in [3.05, 3.63) is 277 Å². The first-order chi connectivity index (χ1) is 33.7. The molecule has 2 heteroatoms. The summed E-state index contributed by atoms with van der Waals surface area (Å²) in [6, 6.07) is 91.9. The molecule has 0 N–H and O–H groups in total. The summed E-state index contributed by atoms with van der Waals surface area (Å²) in [4.78, 5) is 11.7. The van der Waals surface area contributed by atoms with Crippen molar-refractivity contribution in [2.45, 2.75) is 0 Å². The van der Waals surface area contributed by atoms with Gasteiger partial charge in [-0.25, -0.2) is 9.98 Å². The second kappa shape index (κ2) is 16.5. The summed E-state index contributed by atoms with van der Waals surface area (Å²) in [5.74, 6) is 0. The highest BCUT2D eigenvalue weighted by Crippen LogP contribution is 2.42. The number of hydrogen-bond donors (Lipinski definition) is 0. The maximum absolute atomic E-state index is 5.86. The zero-order chi connectivity index (χ0) is 45.0. The zero-order valence-electron chi connectivity index (χ0n) is 37.1. The van der Waals surface area contributed by atoms with E-state index in [-0.39, 0.29) is 0 Å². The first-order valence-corrected chi connectivity index (χ1v) is 23.3. The Morgan fingerprint density at radius 3 is 0.868 bits per heavy atom. The summed E-state index contributed by atoms with van der Waals surface area (Å²) in [5, 5.41) is 9.17. The van der Waals surface area contributed by atoms with Crippen LogP contribution in [0.1, 0.15) is 22.3 Å². The van der Waals surface area contributed by atoms with Gasteiger partial charge in [-0.1, -0.05) is 231 Å². The normalized spacial score (nSPS) is 12.3. The molecule has 2 nitrogen and oxygen atoms in total. The summed E-state index contributed by atoms with van der Waals surface area (Å²) in [6.45, 7) is 0. The SMILES string of the molecule is c1ccc(-c2ccc(-c3cccc4c(C5=Nc6cc7ccccc7cc6C(c6cccc7c(-c8ccc(-c9ccccc9)cc8)cccc67)=Nc6cc7ccccc7cc65)cccc34)cc2)cc1. The Morgan fingerprint density at radius 2 is 0.485 bits per heavy atom. The van der Waals surface area contributed by atoms with Gasteiger partial charge in [0.2, 0.25) is 0 Å². The van der Waals surface area contributed by atoms with Crippen molar-refractivity contribution in [3.8, 4) is 44.5 Å². The predicted octanol–water partition coefficient (Wildman–Crippen LogP) is 17.6. The Bertz CT molecular complexity index is 3710. The molecule has 0 saturated carbocycles. The largest absolute Gasteiger partial charge is 0.247 e. The van der Waals surface area contributed by atoms with Gasteiger partial charge in [-0.15, -0.1) is 0 Å².